The van der Waals surface area contributed by atoms with Crippen molar-refractivity contribution in [2.24, 2.45) is 0 Å². The molecule has 0 radical (unpaired) electrons. The normalized spacial score (nSPS) is 12.9. The van der Waals surface area contributed by atoms with Gasteiger partial charge in [0.25, 0.3) is 5.91 Å². The SMILES string of the molecule is CNc1ccc(OCC(=O)N2CCc3ccccc32)cc1. The molecule has 1 aliphatic heterocycles. The largest absolute Gasteiger partial charge is 0.484 e. The summed E-state index contributed by atoms with van der Waals surface area (Å²) in [5.74, 6) is 0.701. The number of para-hydroxylation sites is 1. The summed E-state index contributed by atoms with van der Waals surface area (Å²) in [6, 6.07) is 15.6. The van der Waals surface area contributed by atoms with E-state index in [0.29, 0.717) is 5.75 Å². The van der Waals surface area contributed by atoms with Crippen molar-refractivity contribution in [1.82, 2.24) is 0 Å². The monoisotopic (exact) mass is 282 g/mol. The smallest absolute Gasteiger partial charge is 0.264 e. The Bertz CT molecular complexity index is 637. The van der Waals surface area contributed by atoms with Gasteiger partial charge in [0.15, 0.2) is 6.61 Å². The van der Waals surface area contributed by atoms with E-state index in [1.54, 1.807) is 4.90 Å². The van der Waals surface area contributed by atoms with Crippen molar-refractivity contribution < 1.29 is 9.53 Å². The first-order valence-electron chi connectivity index (χ1n) is 7.07. The first-order valence-corrected chi connectivity index (χ1v) is 7.07. The minimum absolute atomic E-state index is 0.00218. The molecule has 1 aliphatic rings. The zero-order valence-corrected chi connectivity index (χ0v) is 12.0. The fourth-order valence-electron chi connectivity index (χ4n) is 2.54. The fraction of sp³-hybridized carbons (Fsp3) is 0.235. The van der Waals surface area contributed by atoms with E-state index in [9.17, 15) is 4.79 Å². The van der Waals surface area contributed by atoms with Crippen LogP contribution in [0.15, 0.2) is 48.5 Å². The predicted octanol–water partition coefficient (Wildman–Crippen LogP) is 2.70. The van der Waals surface area contributed by atoms with E-state index in [4.69, 9.17) is 4.74 Å². The van der Waals surface area contributed by atoms with Crippen molar-refractivity contribution >= 4 is 17.3 Å². The van der Waals surface area contributed by atoms with Crippen molar-refractivity contribution in [3.63, 3.8) is 0 Å². The van der Waals surface area contributed by atoms with E-state index in [1.165, 1.54) is 5.56 Å². The van der Waals surface area contributed by atoms with E-state index < -0.39 is 0 Å². The standard InChI is InChI=1S/C17H18N2O2/c1-18-14-6-8-15(9-7-14)21-12-17(20)19-11-10-13-4-2-3-5-16(13)19/h2-9,18H,10-12H2,1H3. The van der Waals surface area contributed by atoms with Gasteiger partial charge < -0.3 is 15.0 Å². The molecule has 0 bridgehead atoms. The quantitative estimate of drug-likeness (QED) is 0.937. The Morgan fingerprint density at radius 3 is 2.71 bits per heavy atom. The number of fused-ring (bicyclic) bond motifs is 1. The topological polar surface area (TPSA) is 41.6 Å². The zero-order valence-electron chi connectivity index (χ0n) is 12.0. The van der Waals surface area contributed by atoms with Crippen LogP contribution in [0.3, 0.4) is 0 Å². The molecule has 2 aromatic rings. The minimum Gasteiger partial charge on any atom is -0.484 e. The van der Waals surface area contributed by atoms with Gasteiger partial charge in [-0.05, 0) is 42.3 Å². The minimum atomic E-state index is -0.00218. The van der Waals surface area contributed by atoms with E-state index >= 15 is 0 Å². The summed E-state index contributed by atoms with van der Waals surface area (Å²) in [7, 11) is 1.87. The van der Waals surface area contributed by atoms with Gasteiger partial charge in [0.1, 0.15) is 5.75 Å². The molecule has 1 N–H and O–H groups in total. The Balaban J connectivity index is 1.62. The first-order chi connectivity index (χ1) is 10.3. The van der Waals surface area contributed by atoms with Gasteiger partial charge in [0.05, 0.1) is 0 Å². The molecular formula is C17H18N2O2. The third kappa shape index (κ3) is 2.84. The fourth-order valence-corrected chi connectivity index (χ4v) is 2.54. The second-order valence-electron chi connectivity index (χ2n) is 4.99. The molecule has 108 valence electrons. The molecule has 0 fully saturated rings. The van der Waals surface area contributed by atoms with Crippen LogP contribution in [0.1, 0.15) is 5.56 Å². The van der Waals surface area contributed by atoms with Crippen LogP contribution in [0.25, 0.3) is 0 Å². The van der Waals surface area contributed by atoms with Crippen LogP contribution in [-0.4, -0.2) is 26.1 Å². The van der Waals surface area contributed by atoms with Crippen LogP contribution in [0.5, 0.6) is 5.75 Å². The maximum atomic E-state index is 12.3. The van der Waals surface area contributed by atoms with Crippen LogP contribution in [0, 0.1) is 0 Å². The summed E-state index contributed by atoms with van der Waals surface area (Å²) >= 11 is 0. The number of nitrogens with one attached hydrogen (secondary N) is 1. The van der Waals surface area contributed by atoms with Gasteiger partial charge in [-0.25, -0.2) is 0 Å². The number of amides is 1. The number of nitrogens with zero attached hydrogens (tertiary/aromatic N) is 1. The first kappa shape index (κ1) is 13.5. The molecule has 0 saturated heterocycles. The Hall–Kier alpha value is -2.49. The highest BCUT2D eigenvalue weighted by Crippen LogP contribution is 2.27. The average Bonchev–Trinajstić information content (AvgIpc) is 2.97. The maximum Gasteiger partial charge on any atom is 0.264 e. The number of carbonyl (C=O) groups is 1. The molecule has 0 atom stereocenters. The predicted molar refractivity (Wildman–Crippen MR) is 84.0 cm³/mol. The van der Waals surface area contributed by atoms with Gasteiger partial charge in [-0.3, -0.25) is 4.79 Å². The molecule has 3 rings (SSSR count). The summed E-state index contributed by atoms with van der Waals surface area (Å²) < 4.78 is 5.58. The van der Waals surface area contributed by atoms with Crippen molar-refractivity contribution in [3.8, 4) is 5.75 Å². The molecule has 1 amide bonds. The van der Waals surface area contributed by atoms with E-state index in [0.717, 1.165) is 24.3 Å². The highest BCUT2D eigenvalue weighted by molar-refractivity contribution is 5.96. The van der Waals surface area contributed by atoms with Gasteiger partial charge in [0.2, 0.25) is 0 Å². The molecule has 4 heteroatoms. The lowest BCUT2D eigenvalue weighted by Crippen LogP contribution is -2.33. The molecule has 0 aromatic heterocycles. The molecule has 1 heterocycles. The van der Waals surface area contributed by atoms with Crippen LogP contribution >= 0.6 is 0 Å². The summed E-state index contributed by atoms with van der Waals surface area (Å²) in [6.07, 6.45) is 0.915. The molecule has 4 nitrogen and oxygen atoms in total. The Kier molecular flexibility index (Phi) is 3.77. The number of hydrogen-bond acceptors (Lipinski definition) is 3. The van der Waals surface area contributed by atoms with Crippen LogP contribution in [0.2, 0.25) is 0 Å². The number of rotatable bonds is 4. The van der Waals surface area contributed by atoms with Crippen molar-refractivity contribution in [3.05, 3.63) is 54.1 Å². The average molecular weight is 282 g/mol. The molecule has 21 heavy (non-hydrogen) atoms. The number of benzene rings is 2. The third-order valence-corrected chi connectivity index (χ3v) is 3.69. The van der Waals surface area contributed by atoms with Gasteiger partial charge >= 0.3 is 0 Å². The lowest BCUT2D eigenvalue weighted by Gasteiger charge is -2.17. The van der Waals surface area contributed by atoms with Gasteiger partial charge in [-0.2, -0.15) is 0 Å². The third-order valence-electron chi connectivity index (χ3n) is 3.69. The molecule has 0 spiro atoms. The lowest BCUT2D eigenvalue weighted by atomic mass is 10.2. The number of anilines is 2. The van der Waals surface area contributed by atoms with E-state index in [-0.39, 0.29) is 12.5 Å². The van der Waals surface area contributed by atoms with Crippen molar-refractivity contribution in [2.45, 2.75) is 6.42 Å². The summed E-state index contributed by atoms with van der Waals surface area (Å²) in [5, 5.41) is 3.04. The highest BCUT2D eigenvalue weighted by Gasteiger charge is 2.24. The molecular weight excluding hydrogens is 264 g/mol. The molecule has 2 aromatic carbocycles. The maximum absolute atomic E-state index is 12.3. The van der Waals surface area contributed by atoms with E-state index in [2.05, 4.69) is 11.4 Å². The molecule has 0 unspecified atom stereocenters. The van der Waals surface area contributed by atoms with Crippen LogP contribution in [-0.2, 0) is 11.2 Å². The highest BCUT2D eigenvalue weighted by atomic mass is 16.5. The summed E-state index contributed by atoms with van der Waals surface area (Å²) in [5.41, 5.74) is 3.25. The van der Waals surface area contributed by atoms with Gasteiger partial charge in [-0.15, -0.1) is 0 Å². The van der Waals surface area contributed by atoms with E-state index in [1.807, 2.05) is 49.5 Å². The molecule has 0 saturated carbocycles. The lowest BCUT2D eigenvalue weighted by molar-refractivity contribution is -0.120. The van der Waals surface area contributed by atoms with Crippen LogP contribution < -0.4 is 15.0 Å². The summed E-state index contributed by atoms with van der Waals surface area (Å²) in [4.78, 5) is 14.1. The second-order valence-corrected chi connectivity index (χ2v) is 4.99. The zero-order chi connectivity index (χ0) is 14.7. The van der Waals surface area contributed by atoms with Gasteiger partial charge in [0, 0.05) is 25.0 Å². The number of carbonyl (C=O) groups excluding carboxylic acids is 1. The Labute approximate surface area is 124 Å². The van der Waals surface area contributed by atoms with Crippen LogP contribution in [0.4, 0.5) is 11.4 Å². The van der Waals surface area contributed by atoms with Crippen molar-refractivity contribution in [1.29, 1.82) is 0 Å². The molecule has 0 aliphatic carbocycles. The van der Waals surface area contributed by atoms with Gasteiger partial charge in [-0.1, -0.05) is 18.2 Å². The number of ether oxygens (including phenoxy) is 1. The summed E-state index contributed by atoms with van der Waals surface area (Å²) in [6.45, 7) is 0.799. The van der Waals surface area contributed by atoms with Crippen molar-refractivity contribution in [2.75, 3.05) is 30.4 Å². The number of hydrogen-bond donors (Lipinski definition) is 1. The Morgan fingerprint density at radius 1 is 1.19 bits per heavy atom. The second kappa shape index (κ2) is 5.87. The Morgan fingerprint density at radius 2 is 1.95 bits per heavy atom.